The molecule has 0 heterocycles. The summed E-state index contributed by atoms with van der Waals surface area (Å²) in [6.07, 6.45) is 0. The predicted molar refractivity (Wildman–Crippen MR) is 74.5 cm³/mol. The Morgan fingerprint density at radius 1 is 1.05 bits per heavy atom. The molecule has 2 N–H and O–H groups in total. The van der Waals surface area contributed by atoms with Crippen molar-refractivity contribution in [3.8, 4) is 11.5 Å². The van der Waals surface area contributed by atoms with Crippen LogP contribution in [0.2, 0.25) is 0 Å². The number of hydrogen-bond acceptors (Lipinski definition) is 2. The Bertz CT molecular complexity index is 621. The summed E-state index contributed by atoms with van der Waals surface area (Å²) in [6, 6.07) is 5.31. The smallest absolute Gasteiger partial charge is 0.156 e. The minimum atomic E-state index is -0.833. The maximum atomic E-state index is 13.3. The zero-order chi connectivity index (χ0) is 14.2. The third kappa shape index (κ3) is 2.87. The van der Waals surface area contributed by atoms with Crippen LogP contribution in [-0.2, 0) is 0 Å². The van der Waals surface area contributed by atoms with Crippen molar-refractivity contribution in [2.45, 2.75) is 13.8 Å². The molecule has 2 rings (SSSR count). The number of ether oxygens (including phenoxy) is 1. The van der Waals surface area contributed by atoms with Gasteiger partial charge in [-0.2, -0.15) is 0 Å². The van der Waals surface area contributed by atoms with E-state index in [0.29, 0.717) is 5.75 Å². The number of anilines is 1. The van der Waals surface area contributed by atoms with Crippen molar-refractivity contribution in [1.82, 2.24) is 0 Å². The molecule has 2 aromatic carbocycles. The van der Waals surface area contributed by atoms with Gasteiger partial charge in [0.1, 0.15) is 17.3 Å². The second kappa shape index (κ2) is 5.17. The molecule has 0 aliphatic heterocycles. The van der Waals surface area contributed by atoms with Crippen LogP contribution in [0.1, 0.15) is 11.1 Å². The summed E-state index contributed by atoms with van der Waals surface area (Å²) < 4.78 is 32.9. The van der Waals surface area contributed by atoms with E-state index in [0.717, 1.165) is 27.7 Å². The molecule has 0 saturated heterocycles. The molecular weight excluding hydrogens is 316 g/mol. The predicted octanol–water partition coefficient (Wildman–Crippen LogP) is 4.72. The Balaban J connectivity index is 2.42. The average Bonchev–Trinajstić information content (AvgIpc) is 2.32. The Morgan fingerprint density at radius 3 is 2.21 bits per heavy atom. The second-order valence-electron chi connectivity index (χ2n) is 4.27. The molecule has 0 fully saturated rings. The zero-order valence-corrected chi connectivity index (χ0v) is 12.0. The Labute approximate surface area is 118 Å². The first-order valence-corrected chi connectivity index (χ1v) is 6.37. The maximum absolute atomic E-state index is 13.3. The molecule has 0 amide bonds. The molecule has 0 aromatic heterocycles. The van der Waals surface area contributed by atoms with E-state index < -0.39 is 11.6 Å². The van der Waals surface area contributed by atoms with Crippen LogP contribution < -0.4 is 10.5 Å². The molecule has 0 atom stereocenters. The Kier molecular flexibility index (Phi) is 3.75. The molecule has 0 radical (unpaired) electrons. The van der Waals surface area contributed by atoms with Crippen molar-refractivity contribution in [2.75, 3.05) is 5.73 Å². The van der Waals surface area contributed by atoms with Crippen LogP contribution in [0.15, 0.2) is 28.7 Å². The summed E-state index contributed by atoms with van der Waals surface area (Å²) in [7, 11) is 0. The number of nitrogen functional groups attached to an aromatic ring is 1. The first-order chi connectivity index (χ1) is 8.88. The van der Waals surface area contributed by atoms with Crippen LogP contribution in [-0.4, -0.2) is 0 Å². The first kappa shape index (κ1) is 13.8. The van der Waals surface area contributed by atoms with E-state index in [-0.39, 0.29) is 11.4 Å². The molecule has 5 heteroatoms. The highest BCUT2D eigenvalue weighted by Crippen LogP contribution is 2.33. The van der Waals surface area contributed by atoms with Gasteiger partial charge in [-0.15, -0.1) is 0 Å². The molecule has 100 valence electrons. The summed E-state index contributed by atoms with van der Waals surface area (Å²) >= 11 is 3.44. The average molecular weight is 328 g/mol. The molecule has 0 saturated carbocycles. The van der Waals surface area contributed by atoms with E-state index in [4.69, 9.17) is 10.5 Å². The van der Waals surface area contributed by atoms with Gasteiger partial charge < -0.3 is 10.5 Å². The highest BCUT2D eigenvalue weighted by molar-refractivity contribution is 9.10. The lowest BCUT2D eigenvalue weighted by atomic mass is 10.1. The van der Waals surface area contributed by atoms with Gasteiger partial charge in [0, 0.05) is 16.6 Å². The zero-order valence-electron chi connectivity index (χ0n) is 10.4. The van der Waals surface area contributed by atoms with Crippen LogP contribution in [0.4, 0.5) is 14.5 Å². The number of hydrogen-bond donors (Lipinski definition) is 1. The van der Waals surface area contributed by atoms with Crippen molar-refractivity contribution in [3.63, 3.8) is 0 Å². The Hall–Kier alpha value is -1.62. The van der Waals surface area contributed by atoms with Crippen molar-refractivity contribution in [1.29, 1.82) is 0 Å². The van der Waals surface area contributed by atoms with Gasteiger partial charge in [0.2, 0.25) is 0 Å². The largest absolute Gasteiger partial charge is 0.455 e. The molecule has 2 aromatic rings. The Morgan fingerprint density at radius 2 is 1.63 bits per heavy atom. The first-order valence-electron chi connectivity index (χ1n) is 5.57. The van der Waals surface area contributed by atoms with Crippen LogP contribution >= 0.6 is 15.9 Å². The van der Waals surface area contributed by atoms with Crippen LogP contribution in [0, 0.1) is 25.5 Å². The number of rotatable bonds is 2. The van der Waals surface area contributed by atoms with Gasteiger partial charge in [0.15, 0.2) is 11.6 Å². The topological polar surface area (TPSA) is 35.2 Å². The van der Waals surface area contributed by atoms with Crippen molar-refractivity contribution in [3.05, 3.63) is 51.5 Å². The van der Waals surface area contributed by atoms with Gasteiger partial charge in [-0.05, 0) is 37.1 Å². The highest BCUT2D eigenvalue weighted by atomic mass is 79.9. The van der Waals surface area contributed by atoms with E-state index in [1.807, 2.05) is 13.8 Å². The van der Waals surface area contributed by atoms with Crippen molar-refractivity contribution in [2.24, 2.45) is 0 Å². The molecule has 2 nitrogen and oxygen atoms in total. The minimum absolute atomic E-state index is 0.0291. The fourth-order valence-corrected chi connectivity index (χ4v) is 1.97. The molecule has 0 aliphatic carbocycles. The molecule has 0 unspecified atom stereocenters. The third-order valence-electron chi connectivity index (χ3n) is 2.69. The van der Waals surface area contributed by atoms with Crippen molar-refractivity contribution >= 4 is 21.6 Å². The van der Waals surface area contributed by atoms with E-state index in [2.05, 4.69) is 15.9 Å². The van der Waals surface area contributed by atoms with Gasteiger partial charge in [-0.1, -0.05) is 15.9 Å². The summed E-state index contributed by atoms with van der Waals surface area (Å²) in [5.41, 5.74) is 7.25. The fraction of sp³-hybridized carbons (Fsp3) is 0.143. The van der Waals surface area contributed by atoms with Gasteiger partial charge in [0.25, 0.3) is 0 Å². The van der Waals surface area contributed by atoms with E-state index in [1.165, 1.54) is 0 Å². The fourth-order valence-electron chi connectivity index (χ4n) is 1.74. The molecule has 19 heavy (non-hydrogen) atoms. The van der Waals surface area contributed by atoms with Gasteiger partial charge >= 0.3 is 0 Å². The summed E-state index contributed by atoms with van der Waals surface area (Å²) in [4.78, 5) is 0. The number of benzene rings is 2. The van der Waals surface area contributed by atoms with E-state index in [9.17, 15) is 8.78 Å². The summed E-state index contributed by atoms with van der Waals surface area (Å²) in [6.45, 7) is 3.80. The number of halogens is 3. The molecule has 0 aliphatic rings. The van der Waals surface area contributed by atoms with Gasteiger partial charge in [-0.25, -0.2) is 8.78 Å². The van der Waals surface area contributed by atoms with E-state index >= 15 is 0 Å². The molecular formula is C14H12BrF2NO. The molecule has 0 spiro atoms. The number of aryl methyl sites for hydroxylation is 2. The van der Waals surface area contributed by atoms with Crippen LogP contribution in [0.3, 0.4) is 0 Å². The van der Waals surface area contributed by atoms with Gasteiger partial charge in [-0.3, -0.25) is 0 Å². The summed E-state index contributed by atoms with van der Waals surface area (Å²) in [5.74, 6) is -1.11. The maximum Gasteiger partial charge on any atom is 0.156 e. The third-order valence-corrected chi connectivity index (χ3v) is 3.94. The second-order valence-corrected chi connectivity index (χ2v) is 5.07. The van der Waals surface area contributed by atoms with Crippen molar-refractivity contribution < 1.29 is 13.5 Å². The standard InChI is InChI=1S/C14H12BrF2NO/c1-7-3-10(4-8(2)13(7)15)19-12-6-9(16)5-11(17)14(12)18/h3-6H,18H2,1-2H3. The quantitative estimate of drug-likeness (QED) is 0.810. The van der Waals surface area contributed by atoms with Gasteiger partial charge in [0.05, 0.1) is 0 Å². The lowest BCUT2D eigenvalue weighted by Crippen LogP contribution is -1.97. The SMILES string of the molecule is Cc1cc(Oc2cc(F)cc(F)c2N)cc(C)c1Br. The molecule has 0 bridgehead atoms. The summed E-state index contributed by atoms with van der Waals surface area (Å²) in [5, 5.41) is 0. The van der Waals surface area contributed by atoms with E-state index in [1.54, 1.807) is 12.1 Å². The van der Waals surface area contributed by atoms with Crippen LogP contribution in [0.5, 0.6) is 11.5 Å². The monoisotopic (exact) mass is 327 g/mol. The highest BCUT2D eigenvalue weighted by Gasteiger charge is 2.11. The normalized spacial score (nSPS) is 10.6. The lowest BCUT2D eigenvalue weighted by molar-refractivity contribution is 0.471. The minimum Gasteiger partial charge on any atom is -0.455 e. The lowest BCUT2D eigenvalue weighted by Gasteiger charge is -2.12. The van der Waals surface area contributed by atoms with Crippen LogP contribution in [0.25, 0.3) is 0 Å². The number of nitrogens with two attached hydrogens (primary N) is 1.